The number of nitrogen functional groups attached to an aromatic ring is 1. The lowest BCUT2D eigenvalue weighted by Crippen LogP contribution is -2.24. The maximum absolute atomic E-state index is 6.06. The number of pyridine rings is 1. The molecule has 2 rings (SSSR count). The summed E-state index contributed by atoms with van der Waals surface area (Å²) in [6.07, 6.45) is 4.22. The number of hydrogen-bond donors (Lipinski definition) is 1. The van der Waals surface area contributed by atoms with Gasteiger partial charge < -0.3 is 10.6 Å². The second-order valence-corrected chi connectivity index (χ2v) is 5.57. The highest BCUT2D eigenvalue weighted by Gasteiger charge is 2.11. The summed E-state index contributed by atoms with van der Waals surface area (Å²) in [6.45, 7) is 6.43. The van der Waals surface area contributed by atoms with Crippen molar-refractivity contribution in [2.24, 2.45) is 0 Å². The van der Waals surface area contributed by atoms with Crippen LogP contribution >= 0.6 is 15.9 Å². The van der Waals surface area contributed by atoms with Crippen molar-refractivity contribution in [3.8, 4) is 0 Å². The fraction of sp³-hybridized carbons (Fsp3) is 0.400. The van der Waals surface area contributed by atoms with Crippen LogP contribution in [0.5, 0.6) is 0 Å². The van der Waals surface area contributed by atoms with Gasteiger partial charge in [-0.05, 0) is 47.5 Å². The molecule has 1 aromatic carbocycles. The van der Waals surface area contributed by atoms with Crippen LogP contribution in [-0.4, -0.2) is 18.1 Å². The molecule has 0 aliphatic rings. The molecule has 2 N–H and O–H groups in total. The summed E-state index contributed by atoms with van der Waals surface area (Å²) in [4.78, 5) is 6.92. The van der Waals surface area contributed by atoms with Crippen LogP contribution in [0.1, 0.15) is 26.7 Å². The van der Waals surface area contributed by atoms with Gasteiger partial charge in [0.2, 0.25) is 0 Å². The van der Waals surface area contributed by atoms with Gasteiger partial charge in [0, 0.05) is 34.8 Å². The normalized spacial score (nSPS) is 10.9. The average molecular weight is 322 g/mol. The number of aromatic nitrogens is 1. The van der Waals surface area contributed by atoms with Gasteiger partial charge in [0.15, 0.2) is 0 Å². The van der Waals surface area contributed by atoms with Crippen LogP contribution in [0.2, 0.25) is 0 Å². The van der Waals surface area contributed by atoms with Crippen LogP contribution in [0.15, 0.2) is 28.9 Å². The number of anilines is 2. The van der Waals surface area contributed by atoms with E-state index in [2.05, 4.69) is 45.7 Å². The van der Waals surface area contributed by atoms with Gasteiger partial charge in [0.05, 0.1) is 11.2 Å². The fourth-order valence-corrected chi connectivity index (χ4v) is 2.59. The average Bonchev–Trinajstić information content (AvgIpc) is 2.42. The second-order valence-electron chi connectivity index (χ2n) is 4.66. The van der Waals surface area contributed by atoms with E-state index in [1.54, 1.807) is 0 Å². The molecule has 4 heteroatoms. The van der Waals surface area contributed by atoms with E-state index in [0.717, 1.165) is 34.2 Å². The zero-order valence-corrected chi connectivity index (χ0v) is 13.1. The minimum Gasteiger partial charge on any atom is -0.398 e. The first-order chi connectivity index (χ1) is 9.17. The van der Waals surface area contributed by atoms with E-state index in [4.69, 9.17) is 5.73 Å². The predicted molar refractivity (Wildman–Crippen MR) is 86.7 cm³/mol. The lowest BCUT2D eigenvalue weighted by Gasteiger charge is -2.24. The number of rotatable bonds is 5. The number of fused-ring (bicyclic) bond motifs is 1. The van der Waals surface area contributed by atoms with E-state index in [1.165, 1.54) is 18.5 Å². The molecule has 0 amide bonds. The molecular formula is C15H20BrN3. The Balaban J connectivity index is 2.51. The van der Waals surface area contributed by atoms with Crippen LogP contribution in [0.4, 0.5) is 11.4 Å². The molecule has 0 aliphatic carbocycles. The monoisotopic (exact) mass is 321 g/mol. The minimum atomic E-state index is 0.777. The van der Waals surface area contributed by atoms with Gasteiger partial charge in [-0.2, -0.15) is 0 Å². The quantitative estimate of drug-likeness (QED) is 0.839. The molecule has 0 bridgehead atoms. The van der Waals surface area contributed by atoms with Gasteiger partial charge in [-0.3, -0.25) is 4.98 Å². The number of unbranched alkanes of at least 4 members (excludes halogenated alkanes) is 1. The van der Waals surface area contributed by atoms with E-state index < -0.39 is 0 Å². The van der Waals surface area contributed by atoms with Gasteiger partial charge in [-0.15, -0.1) is 0 Å². The zero-order valence-electron chi connectivity index (χ0n) is 11.5. The van der Waals surface area contributed by atoms with Crippen molar-refractivity contribution < 1.29 is 0 Å². The van der Waals surface area contributed by atoms with Gasteiger partial charge in [0.25, 0.3) is 0 Å². The Labute approximate surface area is 122 Å². The van der Waals surface area contributed by atoms with E-state index in [-0.39, 0.29) is 0 Å². The molecule has 3 nitrogen and oxygen atoms in total. The van der Waals surface area contributed by atoms with Gasteiger partial charge in [-0.25, -0.2) is 0 Å². The standard InChI is InChI=1S/C15H20BrN3/c1-3-5-8-19(4-2)14-7-6-13(17)12-9-11(16)10-18-15(12)14/h6-7,9-10H,3-5,8,17H2,1-2H3. The molecule has 1 heterocycles. The third-order valence-corrected chi connectivity index (χ3v) is 3.77. The Hall–Kier alpha value is -1.29. The molecule has 1 aromatic heterocycles. The highest BCUT2D eigenvalue weighted by atomic mass is 79.9. The molecule has 0 aliphatic heterocycles. The van der Waals surface area contributed by atoms with Gasteiger partial charge in [-0.1, -0.05) is 13.3 Å². The van der Waals surface area contributed by atoms with Gasteiger partial charge in [0.1, 0.15) is 0 Å². The molecule has 2 aromatic rings. The number of nitrogens with two attached hydrogens (primary N) is 1. The van der Waals surface area contributed by atoms with Crippen LogP contribution in [0.3, 0.4) is 0 Å². The predicted octanol–water partition coefficient (Wildman–Crippen LogP) is 4.21. The molecule has 0 spiro atoms. The lowest BCUT2D eigenvalue weighted by molar-refractivity contribution is 0.733. The van der Waals surface area contributed by atoms with Crippen LogP contribution in [-0.2, 0) is 0 Å². The fourth-order valence-electron chi connectivity index (χ4n) is 2.25. The number of nitrogens with zero attached hydrogens (tertiary/aromatic N) is 2. The van der Waals surface area contributed by atoms with E-state index in [9.17, 15) is 0 Å². The topological polar surface area (TPSA) is 42.1 Å². The second kappa shape index (κ2) is 6.24. The van der Waals surface area contributed by atoms with Crippen molar-refractivity contribution in [1.29, 1.82) is 0 Å². The van der Waals surface area contributed by atoms with Crippen LogP contribution < -0.4 is 10.6 Å². The molecule has 0 saturated carbocycles. The molecular weight excluding hydrogens is 302 g/mol. The third kappa shape index (κ3) is 3.00. The first-order valence-electron chi connectivity index (χ1n) is 6.76. The van der Waals surface area contributed by atoms with Crippen molar-refractivity contribution in [2.75, 3.05) is 23.7 Å². The summed E-state index contributed by atoms with van der Waals surface area (Å²) < 4.78 is 0.959. The Bertz CT molecular complexity index is 569. The Morgan fingerprint density at radius 1 is 1.32 bits per heavy atom. The van der Waals surface area contributed by atoms with Crippen molar-refractivity contribution in [2.45, 2.75) is 26.7 Å². The largest absolute Gasteiger partial charge is 0.398 e. The molecule has 102 valence electrons. The minimum absolute atomic E-state index is 0.777. The Morgan fingerprint density at radius 2 is 2.11 bits per heavy atom. The molecule has 0 fully saturated rings. The smallest absolute Gasteiger partial charge is 0.0956 e. The summed E-state index contributed by atoms with van der Waals surface area (Å²) in [5, 5.41) is 1.02. The number of hydrogen-bond acceptors (Lipinski definition) is 3. The van der Waals surface area contributed by atoms with E-state index >= 15 is 0 Å². The summed E-state index contributed by atoms with van der Waals surface area (Å²) in [5.74, 6) is 0. The van der Waals surface area contributed by atoms with Crippen LogP contribution in [0.25, 0.3) is 10.9 Å². The molecule has 0 atom stereocenters. The Morgan fingerprint density at radius 3 is 2.79 bits per heavy atom. The van der Waals surface area contributed by atoms with Gasteiger partial charge >= 0.3 is 0 Å². The highest BCUT2D eigenvalue weighted by molar-refractivity contribution is 9.10. The van der Waals surface area contributed by atoms with Crippen molar-refractivity contribution in [3.63, 3.8) is 0 Å². The maximum Gasteiger partial charge on any atom is 0.0956 e. The summed E-state index contributed by atoms with van der Waals surface area (Å²) in [7, 11) is 0. The molecule has 0 saturated heterocycles. The summed E-state index contributed by atoms with van der Waals surface area (Å²) >= 11 is 3.46. The highest BCUT2D eigenvalue weighted by Crippen LogP contribution is 2.31. The molecule has 19 heavy (non-hydrogen) atoms. The van der Waals surface area contributed by atoms with Crippen LogP contribution in [0, 0.1) is 0 Å². The summed E-state index contributed by atoms with van der Waals surface area (Å²) in [6, 6.07) is 6.09. The van der Waals surface area contributed by atoms with E-state index in [0.29, 0.717) is 0 Å². The van der Waals surface area contributed by atoms with Crippen molar-refractivity contribution in [3.05, 3.63) is 28.9 Å². The first-order valence-corrected chi connectivity index (χ1v) is 7.55. The first kappa shape index (κ1) is 14.1. The maximum atomic E-state index is 6.06. The lowest BCUT2D eigenvalue weighted by atomic mass is 10.1. The van der Waals surface area contributed by atoms with Crippen molar-refractivity contribution in [1.82, 2.24) is 4.98 Å². The number of halogens is 1. The molecule has 0 unspecified atom stereocenters. The SMILES string of the molecule is CCCCN(CC)c1ccc(N)c2cc(Br)cnc12. The third-order valence-electron chi connectivity index (χ3n) is 3.33. The molecule has 0 radical (unpaired) electrons. The zero-order chi connectivity index (χ0) is 13.8. The van der Waals surface area contributed by atoms with E-state index in [1.807, 2.05) is 18.3 Å². The Kier molecular flexibility index (Phi) is 4.64. The van der Waals surface area contributed by atoms with Crippen molar-refractivity contribution >= 4 is 38.2 Å². The number of benzene rings is 1. The summed E-state index contributed by atoms with van der Waals surface area (Å²) in [5.41, 5.74) is 8.99.